The Hall–Kier alpha value is -3.28. The number of fused-ring (bicyclic) bond motifs is 1. The zero-order valence-electron chi connectivity index (χ0n) is 16.1. The predicted molar refractivity (Wildman–Crippen MR) is 110 cm³/mol. The Morgan fingerprint density at radius 2 is 1.82 bits per heavy atom. The molecule has 0 saturated carbocycles. The highest BCUT2D eigenvalue weighted by molar-refractivity contribution is 5.97. The van der Waals surface area contributed by atoms with E-state index in [2.05, 4.69) is 9.88 Å². The summed E-state index contributed by atoms with van der Waals surface area (Å²) in [6.45, 7) is 4.43. The molecule has 1 aliphatic heterocycles. The number of aromatic amines is 1. The molecule has 1 N–H and O–H groups in total. The Morgan fingerprint density at radius 3 is 2.57 bits per heavy atom. The summed E-state index contributed by atoms with van der Waals surface area (Å²) in [5.74, 6) is 0.605. The Balaban J connectivity index is 1.54. The molecule has 0 atom stereocenters. The molecular weight excluding hydrogens is 354 g/mol. The van der Waals surface area contributed by atoms with E-state index in [1.165, 1.54) is 6.20 Å². The molecule has 0 unspecified atom stereocenters. The van der Waals surface area contributed by atoms with Crippen LogP contribution < -0.4 is 15.1 Å². The quantitative estimate of drug-likeness (QED) is 0.762. The fraction of sp³-hybridized carbons (Fsp3) is 0.273. The second kappa shape index (κ2) is 7.38. The average molecular weight is 377 g/mol. The molecule has 0 spiro atoms. The zero-order valence-corrected chi connectivity index (χ0v) is 16.1. The molecule has 6 heteroatoms. The number of amides is 1. The highest BCUT2D eigenvalue weighted by Gasteiger charge is 2.25. The van der Waals surface area contributed by atoms with E-state index in [-0.39, 0.29) is 16.9 Å². The summed E-state index contributed by atoms with van der Waals surface area (Å²) in [5, 5.41) is 0.554. The number of ether oxygens (including phenoxy) is 1. The van der Waals surface area contributed by atoms with Crippen LogP contribution in [0, 0.1) is 6.92 Å². The van der Waals surface area contributed by atoms with Crippen LogP contribution in [0.1, 0.15) is 15.9 Å². The van der Waals surface area contributed by atoms with E-state index >= 15 is 0 Å². The maximum atomic E-state index is 13.0. The lowest BCUT2D eigenvalue weighted by Gasteiger charge is -2.36. The van der Waals surface area contributed by atoms with E-state index in [9.17, 15) is 9.59 Å². The number of H-pyrrole nitrogens is 1. The lowest BCUT2D eigenvalue weighted by Crippen LogP contribution is -2.49. The molecule has 1 aromatic heterocycles. The van der Waals surface area contributed by atoms with Gasteiger partial charge in [-0.05, 0) is 31.2 Å². The van der Waals surface area contributed by atoms with Crippen molar-refractivity contribution in [3.63, 3.8) is 0 Å². The van der Waals surface area contributed by atoms with Crippen LogP contribution in [-0.2, 0) is 0 Å². The molecule has 6 nitrogen and oxygen atoms in total. The number of nitrogens with zero attached hydrogens (tertiary/aromatic N) is 2. The highest BCUT2D eigenvalue weighted by atomic mass is 16.5. The number of para-hydroxylation sites is 2. The fourth-order valence-corrected chi connectivity index (χ4v) is 3.70. The van der Waals surface area contributed by atoms with Crippen molar-refractivity contribution in [2.24, 2.45) is 0 Å². The second-order valence-electron chi connectivity index (χ2n) is 7.03. The minimum atomic E-state index is -0.218. The molecule has 1 aliphatic rings. The first-order chi connectivity index (χ1) is 13.6. The van der Waals surface area contributed by atoms with Crippen LogP contribution in [-0.4, -0.2) is 49.1 Å². The van der Waals surface area contributed by atoms with Gasteiger partial charge >= 0.3 is 0 Å². The van der Waals surface area contributed by atoms with E-state index in [0.29, 0.717) is 31.6 Å². The van der Waals surface area contributed by atoms with Gasteiger partial charge in [-0.2, -0.15) is 0 Å². The van der Waals surface area contributed by atoms with Gasteiger partial charge in [-0.3, -0.25) is 9.59 Å². The first-order valence-corrected chi connectivity index (χ1v) is 9.38. The summed E-state index contributed by atoms with van der Waals surface area (Å²) in [5.41, 5.74) is 2.75. The summed E-state index contributed by atoms with van der Waals surface area (Å²) in [7, 11) is 1.66. The van der Waals surface area contributed by atoms with Gasteiger partial charge in [0.15, 0.2) is 0 Å². The van der Waals surface area contributed by atoms with Crippen LogP contribution in [0.25, 0.3) is 10.9 Å². The number of aryl methyl sites for hydroxylation is 1. The molecule has 2 heterocycles. The van der Waals surface area contributed by atoms with E-state index in [4.69, 9.17) is 4.74 Å². The van der Waals surface area contributed by atoms with Crippen molar-refractivity contribution >= 4 is 22.5 Å². The summed E-state index contributed by atoms with van der Waals surface area (Å²) in [6.07, 6.45) is 1.54. The van der Waals surface area contributed by atoms with Gasteiger partial charge in [-0.25, -0.2) is 0 Å². The van der Waals surface area contributed by atoms with Gasteiger partial charge in [0.2, 0.25) is 5.43 Å². The number of pyridine rings is 1. The topological polar surface area (TPSA) is 65.6 Å². The van der Waals surface area contributed by atoms with Crippen LogP contribution in [0.4, 0.5) is 5.69 Å². The summed E-state index contributed by atoms with van der Waals surface area (Å²) >= 11 is 0. The molecule has 0 bridgehead atoms. The molecule has 0 aliphatic carbocycles. The molecule has 144 valence electrons. The zero-order chi connectivity index (χ0) is 19.7. The summed E-state index contributed by atoms with van der Waals surface area (Å²) < 4.78 is 5.44. The molecule has 0 radical (unpaired) electrons. The van der Waals surface area contributed by atoms with Crippen molar-refractivity contribution in [2.75, 3.05) is 38.2 Å². The fourth-order valence-electron chi connectivity index (χ4n) is 3.70. The number of rotatable bonds is 3. The molecule has 3 aromatic rings. The van der Waals surface area contributed by atoms with Crippen LogP contribution in [0.3, 0.4) is 0 Å². The number of carbonyl (C=O) groups is 1. The standard InChI is InChI=1S/C22H23N3O3/c1-15-7-8-18-16(13-15)21(26)17(14-23-18)22(27)25-11-9-24(10-12-25)19-5-3-4-6-20(19)28-2/h3-8,13-14H,9-12H2,1-2H3,(H,23,26). The Labute approximate surface area is 163 Å². The number of methoxy groups -OCH3 is 1. The molecular formula is C22H23N3O3. The van der Waals surface area contributed by atoms with Gasteiger partial charge in [0.05, 0.1) is 12.8 Å². The minimum Gasteiger partial charge on any atom is -0.495 e. The van der Waals surface area contributed by atoms with E-state index in [0.717, 1.165) is 22.5 Å². The van der Waals surface area contributed by atoms with Crippen LogP contribution in [0.5, 0.6) is 5.75 Å². The number of benzene rings is 2. The van der Waals surface area contributed by atoms with Gasteiger partial charge in [0, 0.05) is 43.3 Å². The number of aromatic nitrogens is 1. The Kier molecular flexibility index (Phi) is 4.77. The minimum absolute atomic E-state index is 0.198. The van der Waals surface area contributed by atoms with E-state index in [1.807, 2.05) is 49.4 Å². The smallest absolute Gasteiger partial charge is 0.259 e. The third-order valence-corrected chi connectivity index (χ3v) is 5.26. The average Bonchev–Trinajstić information content (AvgIpc) is 2.74. The molecule has 1 fully saturated rings. The largest absolute Gasteiger partial charge is 0.495 e. The van der Waals surface area contributed by atoms with Crippen molar-refractivity contribution < 1.29 is 9.53 Å². The van der Waals surface area contributed by atoms with Crippen molar-refractivity contribution in [3.8, 4) is 5.75 Å². The first kappa shape index (κ1) is 18.1. The van der Waals surface area contributed by atoms with Crippen molar-refractivity contribution in [2.45, 2.75) is 6.92 Å². The molecule has 4 rings (SSSR count). The number of nitrogens with one attached hydrogen (secondary N) is 1. The van der Waals surface area contributed by atoms with Crippen molar-refractivity contribution in [3.05, 3.63) is 70.0 Å². The van der Waals surface area contributed by atoms with Crippen molar-refractivity contribution in [1.29, 1.82) is 0 Å². The number of carbonyl (C=O) groups excluding carboxylic acids is 1. The lowest BCUT2D eigenvalue weighted by molar-refractivity contribution is 0.0745. The van der Waals surface area contributed by atoms with Gasteiger partial charge in [-0.15, -0.1) is 0 Å². The SMILES string of the molecule is COc1ccccc1N1CCN(C(=O)c2c[nH]c3ccc(C)cc3c2=O)CC1. The van der Waals surface area contributed by atoms with Crippen molar-refractivity contribution in [1.82, 2.24) is 9.88 Å². The third kappa shape index (κ3) is 3.22. The lowest BCUT2D eigenvalue weighted by atomic mass is 10.1. The van der Waals surface area contributed by atoms with E-state index in [1.54, 1.807) is 12.0 Å². The predicted octanol–water partition coefficient (Wildman–Crippen LogP) is 2.81. The highest BCUT2D eigenvalue weighted by Crippen LogP contribution is 2.28. The van der Waals surface area contributed by atoms with Gasteiger partial charge in [0.1, 0.15) is 11.3 Å². The molecule has 1 saturated heterocycles. The van der Waals surface area contributed by atoms with E-state index < -0.39 is 0 Å². The van der Waals surface area contributed by atoms with Crippen LogP contribution >= 0.6 is 0 Å². The molecule has 28 heavy (non-hydrogen) atoms. The van der Waals surface area contributed by atoms with Gasteiger partial charge in [0.25, 0.3) is 5.91 Å². The first-order valence-electron chi connectivity index (χ1n) is 9.38. The number of anilines is 1. The number of hydrogen-bond acceptors (Lipinski definition) is 4. The van der Waals surface area contributed by atoms with Gasteiger partial charge in [-0.1, -0.05) is 23.8 Å². The monoisotopic (exact) mass is 377 g/mol. The normalized spacial score (nSPS) is 14.4. The summed E-state index contributed by atoms with van der Waals surface area (Å²) in [4.78, 5) is 32.9. The maximum absolute atomic E-state index is 13.0. The molecule has 2 aromatic carbocycles. The Bertz CT molecular complexity index is 1080. The second-order valence-corrected chi connectivity index (χ2v) is 7.03. The van der Waals surface area contributed by atoms with Crippen LogP contribution in [0.2, 0.25) is 0 Å². The van der Waals surface area contributed by atoms with Crippen LogP contribution in [0.15, 0.2) is 53.5 Å². The third-order valence-electron chi connectivity index (χ3n) is 5.26. The number of hydrogen-bond donors (Lipinski definition) is 1. The summed E-state index contributed by atoms with van der Waals surface area (Å²) in [6, 6.07) is 13.5. The Morgan fingerprint density at radius 1 is 1.07 bits per heavy atom. The molecule has 1 amide bonds. The number of piperazine rings is 1. The van der Waals surface area contributed by atoms with Gasteiger partial charge < -0.3 is 19.5 Å². The maximum Gasteiger partial charge on any atom is 0.259 e.